The fourth-order valence-corrected chi connectivity index (χ4v) is 3.30. The zero-order valence-corrected chi connectivity index (χ0v) is 15.2. The first-order valence-electron chi connectivity index (χ1n) is 8.76. The number of likely N-dealkylation sites (N-methyl/N-ethyl adjacent to an activating group) is 1. The largest absolute Gasteiger partial charge is 0.291 e. The summed E-state index contributed by atoms with van der Waals surface area (Å²) >= 11 is 0. The van der Waals surface area contributed by atoms with Crippen molar-refractivity contribution in [3.8, 4) is 0 Å². The van der Waals surface area contributed by atoms with Crippen LogP contribution in [0.4, 0.5) is 11.6 Å². The summed E-state index contributed by atoms with van der Waals surface area (Å²) in [6, 6.07) is 6.99. The lowest BCUT2D eigenvalue weighted by atomic mass is 10.2. The highest BCUT2D eigenvalue weighted by molar-refractivity contribution is 6.56. The Bertz CT molecular complexity index is 1010. The van der Waals surface area contributed by atoms with Crippen LogP contribution in [-0.4, -0.2) is 45.8 Å². The van der Waals surface area contributed by atoms with Crippen molar-refractivity contribution in [1.29, 1.82) is 0 Å². The Morgan fingerprint density at radius 3 is 2.07 bits per heavy atom. The van der Waals surface area contributed by atoms with E-state index in [2.05, 4.69) is 20.2 Å². The summed E-state index contributed by atoms with van der Waals surface area (Å²) in [5.41, 5.74) is 1.61. The van der Waals surface area contributed by atoms with Crippen molar-refractivity contribution in [1.82, 2.24) is 9.97 Å². The Balaban J connectivity index is 1.81. The molecule has 0 aliphatic carbocycles. The van der Waals surface area contributed by atoms with Crippen LogP contribution in [-0.2, 0) is 9.59 Å². The molecule has 0 aromatic carbocycles. The number of amides is 2. The molecule has 8 nitrogen and oxygen atoms in total. The molecule has 0 fully saturated rings. The van der Waals surface area contributed by atoms with E-state index >= 15 is 0 Å². The molecular weight excluding hydrogens is 344 g/mol. The fraction of sp³-hybridized carbons (Fsp3) is 0.263. The van der Waals surface area contributed by atoms with E-state index in [1.54, 1.807) is 46.5 Å². The normalized spacial score (nSPS) is 18.8. The van der Waals surface area contributed by atoms with E-state index in [1.165, 1.54) is 0 Å². The van der Waals surface area contributed by atoms with Gasteiger partial charge in [0.25, 0.3) is 11.8 Å². The van der Waals surface area contributed by atoms with Crippen molar-refractivity contribution < 1.29 is 9.59 Å². The zero-order valence-electron chi connectivity index (χ0n) is 15.2. The number of aromatic nitrogens is 2. The third-order valence-corrected chi connectivity index (χ3v) is 4.52. The number of carbonyl (C=O) groups is 2. The number of hydrogen-bond donors (Lipinski definition) is 0. The number of hydrogen-bond acceptors (Lipinski definition) is 6. The molecule has 4 heterocycles. The molecule has 0 atom stereocenters. The minimum absolute atomic E-state index is 0.0693. The quantitative estimate of drug-likeness (QED) is 0.779. The fourth-order valence-electron chi connectivity index (χ4n) is 3.30. The maximum atomic E-state index is 12.8. The van der Waals surface area contributed by atoms with E-state index in [1.807, 2.05) is 20.8 Å². The predicted octanol–water partition coefficient (Wildman–Crippen LogP) is 1.79. The minimum Gasteiger partial charge on any atom is -0.291 e. The molecule has 0 N–H and O–H groups in total. The molecule has 27 heavy (non-hydrogen) atoms. The van der Waals surface area contributed by atoms with Gasteiger partial charge in [-0.05, 0) is 45.0 Å². The van der Waals surface area contributed by atoms with Crippen LogP contribution in [0.15, 0.2) is 46.9 Å². The van der Waals surface area contributed by atoms with Gasteiger partial charge in [0, 0.05) is 25.0 Å². The van der Waals surface area contributed by atoms with Crippen LogP contribution in [0.5, 0.6) is 0 Å². The molecule has 2 aromatic heterocycles. The van der Waals surface area contributed by atoms with Crippen LogP contribution in [0.25, 0.3) is 0 Å². The molecule has 4 rings (SSSR count). The number of rotatable bonds is 3. The molecule has 2 amide bonds. The Kier molecular flexibility index (Phi) is 4.02. The van der Waals surface area contributed by atoms with Gasteiger partial charge < -0.3 is 0 Å². The number of fused-ring (bicyclic) bond motifs is 2. The van der Waals surface area contributed by atoms with Crippen molar-refractivity contribution in [2.24, 2.45) is 10.2 Å². The predicted molar refractivity (Wildman–Crippen MR) is 102 cm³/mol. The standard InChI is InChI=1S/C19H18N6O2/c1-4-24-16-12(7-5-9-20-16)14(18(24)26)22-23-15-13-8-6-10-21-17(13)25(11(2)3)19(15)27/h5-11H,4H2,1-3H3/b22-14-,23-15-. The van der Waals surface area contributed by atoms with E-state index in [0.717, 1.165) is 0 Å². The van der Waals surface area contributed by atoms with Gasteiger partial charge in [0.05, 0.1) is 11.1 Å². The monoisotopic (exact) mass is 362 g/mol. The van der Waals surface area contributed by atoms with Gasteiger partial charge in [-0.1, -0.05) is 0 Å². The summed E-state index contributed by atoms with van der Waals surface area (Å²) in [7, 11) is 0. The third kappa shape index (κ3) is 2.52. The first-order chi connectivity index (χ1) is 13.0. The lowest BCUT2D eigenvalue weighted by molar-refractivity contribution is -0.113. The highest BCUT2D eigenvalue weighted by atomic mass is 16.2. The molecule has 136 valence electrons. The number of carbonyl (C=O) groups excluding carboxylic acids is 2. The smallest absolute Gasteiger partial charge is 0.280 e. The molecule has 0 spiro atoms. The summed E-state index contributed by atoms with van der Waals surface area (Å²) in [6.07, 6.45) is 3.27. The highest BCUT2D eigenvalue weighted by Crippen LogP contribution is 2.30. The lowest BCUT2D eigenvalue weighted by Crippen LogP contribution is -2.36. The molecule has 0 saturated heterocycles. The van der Waals surface area contributed by atoms with E-state index in [9.17, 15) is 9.59 Å². The molecule has 2 aliphatic heterocycles. The Morgan fingerprint density at radius 2 is 1.48 bits per heavy atom. The van der Waals surface area contributed by atoms with Crippen molar-refractivity contribution in [3.63, 3.8) is 0 Å². The number of pyridine rings is 2. The second kappa shape index (κ2) is 6.39. The molecule has 0 radical (unpaired) electrons. The minimum atomic E-state index is -0.271. The van der Waals surface area contributed by atoms with Crippen LogP contribution in [0.3, 0.4) is 0 Å². The van der Waals surface area contributed by atoms with Crippen molar-refractivity contribution >= 4 is 34.9 Å². The second-order valence-electron chi connectivity index (χ2n) is 6.46. The van der Waals surface area contributed by atoms with Crippen molar-refractivity contribution in [2.45, 2.75) is 26.8 Å². The van der Waals surface area contributed by atoms with Gasteiger partial charge in [-0.3, -0.25) is 19.4 Å². The average Bonchev–Trinajstić information content (AvgIpc) is 3.10. The summed E-state index contributed by atoms with van der Waals surface area (Å²) in [5.74, 6) is 0.583. The van der Waals surface area contributed by atoms with Crippen LogP contribution < -0.4 is 9.80 Å². The van der Waals surface area contributed by atoms with Gasteiger partial charge in [-0.25, -0.2) is 9.97 Å². The molecule has 2 aromatic rings. The van der Waals surface area contributed by atoms with E-state index in [-0.39, 0.29) is 29.3 Å². The van der Waals surface area contributed by atoms with Crippen LogP contribution in [0.1, 0.15) is 31.9 Å². The first-order valence-corrected chi connectivity index (χ1v) is 8.76. The Hall–Kier alpha value is -3.42. The Labute approximate surface area is 156 Å². The van der Waals surface area contributed by atoms with E-state index in [0.29, 0.717) is 29.3 Å². The van der Waals surface area contributed by atoms with Gasteiger partial charge in [0.2, 0.25) is 0 Å². The van der Waals surface area contributed by atoms with Gasteiger partial charge in [0.15, 0.2) is 11.4 Å². The van der Waals surface area contributed by atoms with Gasteiger partial charge in [-0.2, -0.15) is 0 Å². The number of anilines is 2. The molecule has 0 saturated carbocycles. The topological polar surface area (TPSA) is 91.1 Å². The first kappa shape index (κ1) is 17.0. The SMILES string of the molecule is CCN1C(=O)/C(=N\N=C2/C(=O)N(C(C)C)c3ncccc32)c2cccnc21. The maximum Gasteiger partial charge on any atom is 0.280 e. The van der Waals surface area contributed by atoms with Gasteiger partial charge in [0.1, 0.15) is 11.6 Å². The zero-order chi connectivity index (χ0) is 19.1. The summed E-state index contributed by atoms with van der Waals surface area (Å²) in [6.45, 7) is 6.17. The van der Waals surface area contributed by atoms with Crippen LogP contribution in [0, 0.1) is 0 Å². The molecule has 0 bridgehead atoms. The number of nitrogens with zero attached hydrogens (tertiary/aromatic N) is 6. The maximum absolute atomic E-state index is 12.8. The summed E-state index contributed by atoms with van der Waals surface area (Å²) in [5, 5.41) is 8.34. The Morgan fingerprint density at radius 1 is 0.926 bits per heavy atom. The second-order valence-corrected chi connectivity index (χ2v) is 6.46. The third-order valence-electron chi connectivity index (χ3n) is 4.52. The van der Waals surface area contributed by atoms with E-state index in [4.69, 9.17) is 0 Å². The molecule has 2 aliphatic rings. The summed E-state index contributed by atoms with van der Waals surface area (Å²) < 4.78 is 0. The van der Waals surface area contributed by atoms with E-state index < -0.39 is 0 Å². The lowest BCUT2D eigenvalue weighted by Gasteiger charge is -2.19. The van der Waals surface area contributed by atoms with Crippen LogP contribution in [0.2, 0.25) is 0 Å². The molecule has 8 heteroatoms. The summed E-state index contributed by atoms with van der Waals surface area (Å²) in [4.78, 5) is 37.2. The van der Waals surface area contributed by atoms with Crippen molar-refractivity contribution in [2.75, 3.05) is 16.3 Å². The van der Waals surface area contributed by atoms with Crippen molar-refractivity contribution in [3.05, 3.63) is 47.8 Å². The van der Waals surface area contributed by atoms with Gasteiger partial charge >= 0.3 is 0 Å². The van der Waals surface area contributed by atoms with Gasteiger partial charge in [-0.15, -0.1) is 10.2 Å². The molecule has 0 unspecified atom stereocenters. The average molecular weight is 362 g/mol. The highest BCUT2D eigenvalue weighted by Gasteiger charge is 2.38. The molecular formula is C19H18N6O2. The van der Waals surface area contributed by atoms with Crippen LogP contribution >= 0.6 is 0 Å².